The molecule has 0 heterocycles. The molecule has 0 unspecified atom stereocenters. The maximum Gasteiger partial charge on any atom is 0.409 e. The van der Waals surface area contributed by atoms with Crippen LogP contribution < -0.4 is 4.74 Å². The van der Waals surface area contributed by atoms with Crippen LogP contribution in [0.1, 0.15) is 82.6 Å². The van der Waals surface area contributed by atoms with Crippen molar-refractivity contribution in [3.8, 4) is 5.75 Å². The molecule has 1 aromatic carbocycles. The van der Waals surface area contributed by atoms with Crippen LogP contribution in [0.2, 0.25) is 0 Å². The topological polar surface area (TPSA) is 26.3 Å². The molecule has 1 aromatic rings. The highest BCUT2D eigenvalue weighted by atomic mass is 19.4. The highest BCUT2D eigenvalue weighted by molar-refractivity contribution is 5.75. The maximum atomic E-state index is 14.2. The number of rotatable bonds is 6. The Labute approximate surface area is 216 Å². The monoisotopic (exact) mass is 524 g/mol. The number of carbonyl (C=O) groups excluding carboxylic acids is 1. The van der Waals surface area contributed by atoms with Crippen molar-refractivity contribution < 1.29 is 31.5 Å². The molecule has 0 aromatic heterocycles. The van der Waals surface area contributed by atoms with Gasteiger partial charge in [-0.3, -0.25) is 4.79 Å². The third-order valence-corrected chi connectivity index (χ3v) is 9.11. The van der Waals surface area contributed by atoms with E-state index in [1.54, 1.807) is 0 Å². The van der Waals surface area contributed by atoms with Gasteiger partial charge >= 0.3 is 12.1 Å². The van der Waals surface area contributed by atoms with Gasteiger partial charge in [-0.25, -0.2) is 8.78 Å². The van der Waals surface area contributed by atoms with Gasteiger partial charge in [0.25, 0.3) is 0 Å². The Bertz CT molecular complexity index is 938. The second-order valence-corrected chi connectivity index (χ2v) is 11.3. The first kappa shape index (κ1) is 27.8. The largest absolute Gasteiger partial charge is 0.426 e. The fraction of sp³-hybridized carbons (Fsp3) is 0.633. The second-order valence-electron chi connectivity index (χ2n) is 11.3. The van der Waals surface area contributed by atoms with Crippen molar-refractivity contribution in [3.63, 3.8) is 0 Å². The number of esters is 1. The maximum absolute atomic E-state index is 14.2. The molecule has 0 N–H and O–H groups in total. The highest BCUT2D eigenvalue weighted by Gasteiger charge is 2.36. The third kappa shape index (κ3) is 7.44. The molecule has 2 nitrogen and oxygen atoms in total. The van der Waals surface area contributed by atoms with E-state index < -0.39 is 29.3 Å². The van der Waals surface area contributed by atoms with Crippen molar-refractivity contribution in [1.82, 2.24) is 0 Å². The van der Waals surface area contributed by atoms with E-state index in [-0.39, 0.29) is 17.7 Å². The van der Waals surface area contributed by atoms with E-state index in [0.717, 1.165) is 36.8 Å². The molecule has 204 valence electrons. The summed E-state index contributed by atoms with van der Waals surface area (Å²) in [4.78, 5) is 12.6. The second kappa shape index (κ2) is 12.1. The standard InChI is InChI=1S/C30H37F5O2/c1-2-19-3-5-20(6-4-19)21-7-9-22(10-8-21)23-11-13-24(14-12-23)29(36)37-25-17-27(31)26(28(32)18-25)15-16-30(33,34)35/h2,15-24H,1,3-14H2/b16-15+. The van der Waals surface area contributed by atoms with Crippen molar-refractivity contribution in [2.45, 2.75) is 83.2 Å². The molecular weight excluding hydrogens is 487 g/mol. The van der Waals surface area contributed by atoms with Crippen LogP contribution in [0.3, 0.4) is 0 Å². The number of hydrogen-bond acceptors (Lipinski definition) is 2. The lowest BCUT2D eigenvalue weighted by molar-refractivity contribution is -0.140. The molecule has 3 aliphatic rings. The Morgan fingerprint density at radius 1 is 0.784 bits per heavy atom. The number of alkyl halides is 3. The minimum absolute atomic E-state index is 0.237. The SMILES string of the molecule is C=CC1CCC(C2CCC(C3CCC(C(=O)Oc4cc(F)c(/C=C/C(F)(F)F)c(F)c4)CC3)CC2)CC1. The van der Waals surface area contributed by atoms with Gasteiger partial charge in [0.1, 0.15) is 17.4 Å². The Morgan fingerprint density at radius 2 is 1.22 bits per heavy atom. The zero-order chi connectivity index (χ0) is 26.6. The van der Waals surface area contributed by atoms with Crippen LogP contribution in [0.25, 0.3) is 6.08 Å². The molecule has 37 heavy (non-hydrogen) atoms. The van der Waals surface area contributed by atoms with Gasteiger partial charge in [0.2, 0.25) is 0 Å². The number of halogens is 5. The smallest absolute Gasteiger partial charge is 0.409 e. The molecule has 4 rings (SSSR count). The molecule has 3 aliphatic carbocycles. The molecule has 0 spiro atoms. The molecule has 0 bridgehead atoms. The van der Waals surface area contributed by atoms with Crippen LogP contribution in [-0.4, -0.2) is 12.1 Å². The van der Waals surface area contributed by atoms with Gasteiger partial charge in [-0.2, -0.15) is 13.2 Å². The van der Waals surface area contributed by atoms with E-state index in [2.05, 4.69) is 12.7 Å². The van der Waals surface area contributed by atoms with E-state index in [9.17, 15) is 26.7 Å². The van der Waals surface area contributed by atoms with Crippen molar-refractivity contribution in [2.24, 2.45) is 35.5 Å². The van der Waals surface area contributed by atoms with Crippen molar-refractivity contribution in [1.29, 1.82) is 0 Å². The van der Waals surface area contributed by atoms with Gasteiger partial charge in [0.15, 0.2) is 0 Å². The number of allylic oxidation sites excluding steroid dienone is 2. The van der Waals surface area contributed by atoms with Crippen LogP contribution in [-0.2, 0) is 4.79 Å². The van der Waals surface area contributed by atoms with Crippen LogP contribution in [0.5, 0.6) is 5.75 Å². The number of benzene rings is 1. The molecule has 0 saturated heterocycles. The first-order chi connectivity index (χ1) is 17.6. The Hall–Kier alpha value is -2.18. The van der Waals surface area contributed by atoms with Crippen LogP contribution >= 0.6 is 0 Å². The number of hydrogen-bond donors (Lipinski definition) is 0. The van der Waals surface area contributed by atoms with Crippen LogP contribution in [0.4, 0.5) is 22.0 Å². The first-order valence-corrected chi connectivity index (χ1v) is 13.7. The van der Waals surface area contributed by atoms with Gasteiger partial charge < -0.3 is 4.74 Å². The first-order valence-electron chi connectivity index (χ1n) is 13.7. The van der Waals surface area contributed by atoms with E-state index >= 15 is 0 Å². The van der Waals surface area contributed by atoms with Crippen molar-refractivity contribution >= 4 is 12.0 Å². The normalized spacial score (nSPS) is 31.3. The van der Waals surface area contributed by atoms with E-state index in [1.807, 2.05) is 0 Å². The molecule has 0 atom stereocenters. The summed E-state index contributed by atoms with van der Waals surface area (Å²) in [6.07, 6.45) is 11.2. The van der Waals surface area contributed by atoms with Gasteiger partial charge in [0, 0.05) is 23.8 Å². The lowest BCUT2D eigenvalue weighted by Crippen LogP contribution is -2.31. The minimum atomic E-state index is -4.69. The predicted octanol–water partition coefficient (Wildman–Crippen LogP) is 9.05. The fourth-order valence-corrected chi connectivity index (χ4v) is 6.92. The highest BCUT2D eigenvalue weighted by Crippen LogP contribution is 2.46. The van der Waals surface area contributed by atoms with Gasteiger partial charge in [-0.05, 0) is 113 Å². The third-order valence-electron chi connectivity index (χ3n) is 9.11. The average molecular weight is 525 g/mol. The van der Waals surface area contributed by atoms with Gasteiger partial charge in [-0.15, -0.1) is 6.58 Å². The lowest BCUT2D eigenvalue weighted by Gasteiger charge is -2.41. The molecule has 3 fully saturated rings. The summed E-state index contributed by atoms with van der Waals surface area (Å²) in [5.41, 5.74) is -0.822. The fourth-order valence-electron chi connectivity index (χ4n) is 6.92. The number of ether oxygens (including phenoxy) is 1. The zero-order valence-corrected chi connectivity index (χ0v) is 21.2. The summed E-state index contributed by atoms with van der Waals surface area (Å²) < 4.78 is 70.5. The zero-order valence-electron chi connectivity index (χ0n) is 21.2. The molecule has 0 radical (unpaired) electrons. The number of carbonyl (C=O) groups is 1. The summed E-state index contributed by atoms with van der Waals surface area (Å²) >= 11 is 0. The predicted molar refractivity (Wildman–Crippen MR) is 134 cm³/mol. The van der Waals surface area contributed by atoms with Crippen molar-refractivity contribution in [2.75, 3.05) is 0 Å². The quantitative estimate of drug-likeness (QED) is 0.161. The van der Waals surface area contributed by atoms with Crippen LogP contribution in [0, 0.1) is 47.1 Å². The Kier molecular flexibility index (Phi) is 9.12. The molecular formula is C30H37F5O2. The summed E-state index contributed by atoms with van der Waals surface area (Å²) in [5, 5.41) is 0. The van der Waals surface area contributed by atoms with E-state index in [1.165, 1.54) is 51.4 Å². The summed E-state index contributed by atoms with van der Waals surface area (Å²) in [5.74, 6) is 0.121. The molecule has 0 amide bonds. The summed E-state index contributed by atoms with van der Waals surface area (Å²) in [7, 11) is 0. The van der Waals surface area contributed by atoms with Crippen molar-refractivity contribution in [3.05, 3.63) is 48.1 Å². The summed E-state index contributed by atoms with van der Waals surface area (Å²) in [6, 6.07) is 1.51. The summed E-state index contributed by atoms with van der Waals surface area (Å²) in [6.45, 7) is 3.95. The minimum Gasteiger partial charge on any atom is -0.426 e. The van der Waals surface area contributed by atoms with E-state index in [0.29, 0.717) is 36.7 Å². The molecule has 7 heteroatoms. The Morgan fingerprint density at radius 3 is 1.65 bits per heavy atom. The molecule has 3 saturated carbocycles. The van der Waals surface area contributed by atoms with Crippen LogP contribution in [0.15, 0.2) is 30.9 Å². The average Bonchev–Trinajstić information content (AvgIpc) is 2.88. The lowest BCUT2D eigenvalue weighted by atomic mass is 9.65. The molecule has 0 aliphatic heterocycles. The van der Waals surface area contributed by atoms with E-state index in [4.69, 9.17) is 4.74 Å². The van der Waals surface area contributed by atoms with Gasteiger partial charge in [-0.1, -0.05) is 6.08 Å². The Balaban J connectivity index is 1.23. The van der Waals surface area contributed by atoms with Gasteiger partial charge in [0.05, 0.1) is 5.92 Å².